The Kier molecular flexibility index (Phi) is 4.61. The number of carbonyl (C=O) groups excluding carboxylic acids is 1. The van der Waals surface area contributed by atoms with Gasteiger partial charge in [0.25, 0.3) is 0 Å². The van der Waals surface area contributed by atoms with Gasteiger partial charge < -0.3 is 10.1 Å². The molecule has 0 radical (unpaired) electrons. The molecule has 0 unspecified atom stereocenters. The maximum absolute atomic E-state index is 12.6. The number of carbonyl (C=O) groups is 1. The smallest absolute Gasteiger partial charge is 0.226 e. The molecule has 132 valence electrons. The molecule has 1 N–H and O–H groups in total. The summed E-state index contributed by atoms with van der Waals surface area (Å²) in [6.45, 7) is 4.84. The van der Waals surface area contributed by atoms with Gasteiger partial charge >= 0.3 is 0 Å². The Bertz CT molecular complexity index is 758. The van der Waals surface area contributed by atoms with E-state index in [-0.39, 0.29) is 11.9 Å². The number of benzene rings is 1. The second kappa shape index (κ2) is 6.89. The Balaban J connectivity index is 1.42. The van der Waals surface area contributed by atoms with Gasteiger partial charge in [0.1, 0.15) is 0 Å². The van der Waals surface area contributed by atoms with Gasteiger partial charge in [-0.3, -0.25) is 4.79 Å². The van der Waals surface area contributed by atoms with Gasteiger partial charge in [0, 0.05) is 29.4 Å². The lowest BCUT2D eigenvalue weighted by molar-refractivity contribution is -0.126. The highest BCUT2D eigenvalue weighted by Crippen LogP contribution is 2.45. The Morgan fingerprint density at radius 1 is 1.32 bits per heavy atom. The number of hydrogen-bond acceptors (Lipinski definition) is 4. The number of hydrogen-bond donors (Lipinski definition) is 1. The second-order valence-corrected chi connectivity index (χ2v) is 8.55. The standard InChI is InChI=1S/C20H24N2O2S/c1-12-17(21-13(2)25-12)11-18(23)22-19-15-8-9-24-20(15)16(19)10-14-6-4-3-5-7-14/h3-7,15-16,19-20H,8-11H2,1-2H3,(H,22,23)/t15-,16+,19-,20-/m0/s1. The molecule has 1 amide bonds. The van der Waals surface area contributed by atoms with Crippen molar-refractivity contribution in [2.45, 2.75) is 45.3 Å². The minimum Gasteiger partial charge on any atom is -0.377 e. The van der Waals surface area contributed by atoms with Crippen LogP contribution in [0.2, 0.25) is 0 Å². The zero-order valence-electron chi connectivity index (χ0n) is 14.7. The first-order chi connectivity index (χ1) is 12.1. The first-order valence-corrected chi connectivity index (χ1v) is 9.81. The molecule has 4 nitrogen and oxygen atoms in total. The van der Waals surface area contributed by atoms with E-state index >= 15 is 0 Å². The monoisotopic (exact) mass is 356 g/mol. The van der Waals surface area contributed by atoms with Crippen molar-refractivity contribution >= 4 is 17.2 Å². The number of nitrogens with zero attached hydrogens (tertiary/aromatic N) is 1. The molecule has 1 aromatic heterocycles. The molecule has 5 heteroatoms. The molecule has 2 heterocycles. The van der Waals surface area contributed by atoms with Crippen LogP contribution in [0.25, 0.3) is 0 Å². The fourth-order valence-electron chi connectivity index (χ4n) is 4.30. The highest BCUT2D eigenvalue weighted by molar-refractivity contribution is 7.11. The minimum absolute atomic E-state index is 0.0850. The van der Waals surface area contributed by atoms with Crippen molar-refractivity contribution in [3.8, 4) is 0 Å². The third kappa shape index (κ3) is 3.35. The molecule has 0 spiro atoms. The van der Waals surface area contributed by atoms with Crippen molar-refractivity contribution in [1.82, 2.24) is 10.3 Å². The van der Waals surface area contributed by atoms with Crippen molar-refractivity contribution < 1.29 is 9.53 Å². The molecule has 1 aliphatic carbocycles. The van der Waals surface area contributed by atoms with Gasteiger partial charge in [0.2, 0.25) is 5.91 Å². The van der Waals surface area contributed by atoms with Crippen molar-refractivity contribution in [2.75, 3.05) is 6.61 Å². The lowest BCUT2D eigenvalue weighted by atomic mass is 9.64. The van der Waals surface area contributed by atoms with Gasteiger partial charge in [-0.1, -0.05) is 30.3 Å². The number of thiazole rings is 1. The molecule has 0 bridgehead atoms. The highest BCUT2D eigenvalue weighted by atomic mass is 32.1. The van der Waals surface area contributed by atoms with E-state index in [1.807, 2.05) is 19.9 Å². The molecule has 4 rings (SSSR count). The third-order valence-corrected chi connectivity index (χ3v) is 6.43. The van der Waals surface area contributed by atoms with Crippen molar-refractivity contribution in [2.24, 2.45) is 11.8 Å². The van der Waals surface area contributed by atoms with E-state index < -0.39 is 0 Å². The summed E-state index contributed by atoms with van der Waals surface area (Å²) in [5, 5.41) is 4.31. The molecule has 1 aliphatic heterocycles. The van der Waals surface area contributed by atoms with E-state index in [0.717, 1.165) is 35.0 Å². The van der Waals surface area contributed by atoms with Crippen molar-refractivity contribution in [3.63, 3.8) is 0 Å². The zero-order valence-corrected chi connectivity index (χ0v) is 15.5. The first-order valence-electron chi connectivity index (χ1n) is 8.99. The van der Waals surface area contributed by atoms with E-state index in [1.54, 1.807) is 11.3 Å². The lowest BCUT2D eigenvalue weighted by Gasteiger charge is -2.48. The van der Waals surface area contributed by atoms with Crippen LogP contribution < -0.4 is 5.32 Å². The number of aryl methyl sites for hydroxylation is 2. The Morgan fingerprint density at radius 3 is 2.84 bits per heavy atom. The quantitative estimate of drug-likeness (QED) is 0.896. The van der Waals surface area contributed by atoms with Crippen LogP contribution >= 0.6 is 11.3 Å². The Morgan fingerprint density at radius 2 is 2.12 bits per heavy atom. The molecule has 25 heavy (non-hydrogen) atoms. The second-order valence-electron chi connectivity index (χ2n) is 7.15. The number of fused-ring (bicyclic) bond motifs is 1. The summed E-state index contributed by atoms with van der Waals surface area (Å²) in [6, 6.07) is 10.7. The predicted molar refractivity (Wildman–Crippen MR) is 98.7 cm³/mol. The molecular weight excluding hydrogens is 332 g/mol. The highest BCUT2D eigenvalue weighted by Gasteiger charge is 2.53. The molecule has 2 aromatic rings. The SMILES string of the molecule is Cc1nc(CC(=O)N[C@@H]2[C@@H](Cc3ccccc3)[C@H]3OCC[C@@H]23)c(C)s1. The minimum atomic E-state index is 0.0850. The summed E-state index contributed by atoms with van der Waals surface area (Å²) < 4.78 is 5.93. The van der Waals surface area contributed by atoms with E-state index in [1.165, 1.54) is 5.56 Å². The normalized spacial score (nSPS) is 27.6. The number of amides is 1. The van der Waals surface area contributed by atoms with Crippen LogP contribution in [0.1, 0.15) is 27.6 Å². The topological polar surface area (TPSA) is 51.2 Å². The number of nitrogens with one attached hydrogen (secondary N) is 1. The molecule has 1 saturated heterocycles. The average Bonchev–Trinajstić information content (AvgIpc) is 3.15. The molecule has 1 saturated carbocycles. The molecule has 1 aromatic carbocycles. The Hall–Kier alpha value is -1.72. The molecule has 2 aliphatic rings. The van der Waals surface area contributed by atoms with Gasteiger partial charge in [-0.05, 0) is 32.3 Å². The summed E-state index contributed by atoms with van der Waals surface area (Å²) in [7, 11) is 0. The van der Waals surface area contributed by atoms with Crippen LogP contribution in [-0.2, 0) is 22.4 Å². The van der Waals surface area contributed by atoms with Crippen LogP contribution in [0, 0.1) is 25.7 Å². The fraction of sp³-hybridized carbons (Fsp3) is 0.500. The number of ether oxygens (including phenoxy) is 1. The number of rotatable bonds is 5. The average molecular weight is 356 g/mol. The van der Waals surface area contributed by atoms with Gasteiger partial charge in [0.15, 0.2) is 0 Å². The molecule has 2 fully saturated rings. The van der Waals surface area contributed by atoms with Gasteiger partial charge in [-0.25, -0.2) is 4.98 Å². The van der Waals surface area contributed by atoms with Gasteiger partial charge in [-0.15, -0.1) is 11.3 Å². The van der Waals surface area contributed by atoms with E-state index in [2.05, 4.69) is 34.6 Å². The maximum Gasteiger partial charge on any atom is 0.226 e. The summed E-state index contributed by atoms with van der Waals surface area (Å²) in [5.41, 5.74) is 2.23. The Labute approximate surface area is 152 Å². The van der Waals surface area contributed by atoms with Crippen LogP contribution in [-0.4, -0.2) is 29.6 Å². The van der Waals surface area contributed by atoms with E-state index in [9.17, 15) is 4.79 Å². The maximum atomic E-state index is 12.6. The van der Waals surface area contributed by atoms with E-state index in [4.69, 9.17) is 4.74 Å². The lowest BCUT2D eigenvalue weighted by Crippen LogP contribution is -2.62. The van der Waals surface area contributed by atoms with Crippen LogP contribution in [0.3, 0.4) is 0 Å². The molecule has 4 atom stereocenters. The largest absolute Gasteiger partial charge is 0.377 e. The number of aromatic nitrogens is 1. The van der Waals surface area contributed by atoms with Crippen LogP contribution in [0.4, 0.5) is 0 Å². The predicted octanol–water partition coefficient (Wildman–Crippen LogP) is 3.06. The summed E-state index contributed by atoms with van der Waals surface area (Å²) in [6.07, 6.45) is 2.69. The summed E-state index contributed by atoms with van der Waals surface area (Å²) in [4.78, 5) is 18.2. The van der Waals surface area contributed by atoms with Gasteiger partial charge in [0.05, 0.1) is 23.2 Å². The zero-order chi connectivity index (χ0) is 17.4. The van der Waals surface area contributed by atoms with Crippen LogP contribution in [0.5, 0.6) is 0 Å². The third-order valence-electron chi connectivity index (χ3n) is 5.50. The summed E-state index contributed by atoms with van der Waals surface area (Å²) >= 11 is 1.66. The molecular formula is C20H24N2O2S. The van der Waals surface area contributed by atoms with E-state index in [0.29, 0.717) is 24.4 Å². The van der Waals surface area contributed by atoms with Gasteiger partial charge in [-0.2, -0.15) is 0 Å². The van der Waals surface area contributed by atoms with Crippen LogP contribution in [0.15, 0.2) is 30.3 Å². The van der Waals surface area contributed by atoms with Crippen molar-refractivity contribution in [3.05, 3.63) is 51.5 Å². The van der Waals surface area contributed by atoms with Crippen molar-refractivity contribution in [1.29, 1.82) is 0 Å². The first kappa shape index (κ1) is 16.7. The summed E-state index contributed by atoms with van der Waals surface area (Å²) in [5.74, 6) is 0.926. The fourth-order valence-corrected chi connectivity index (χ4v) is 5.13.